The highest BCUT2D eigenvalue weighted by atomic mass is 19.3. The summed E-state index contributed by atoms with van der Waals surface area (Å²) in [4.78, 5) is 0. The average Bonchev–Trinajstić information content (AvgIpc) is 2.29. The number of benzene rings is 1. The zero-order chi connectivity index (χ0) is 12.0. The fourth-order valence-corrected chi connectivity index (χ4v) is 1.52. The van der Waals surface area contributed by atoms with Gasteiger partial charge < -0.3 is 10.4 Å². The quantitative estimate of drug-likeness (QED) is 0.780. The van der Waals surface area contributed by atoms with Crippen molar-refractivity contribution < 1.29 is 13.9 Å². The zero-order valence-electron chi connectivity index (χ0n) is 9.24. The smallest absolute Gasteiger partial charge is 0.253 e. The van der Waals surface area contributed by atoms with Crippen molar-refractivity contribution in [2.24, 2.45) is 0 Å². The van der Waals surface area contributed by atoms with Gasteiger partial charge in [0.15, 0.2) is 0 Å². The number of rotatable bonds is 6. The van der Waals surface area contributed by atoms with Gasteiger partial charge in [0.2, 0.25) is 0 Å². The van der Waals surface area contributed by atoms with Crippen LogP contribution in [0, 0.1) is 0 Å². The topological polar surface area (TPSA) is 32.3 Å². The monoisotopic (exact) mass is 229 g/mol. The van der Waals surface area contributed by atoms with Crippen LogP contribution in [0.3, 0.4) is 0 Å². The molecule has 0 radical (unpaired) electrons. The SMILES string of the molecule is CC(N[C@@H](CO)Cc1ccccc1)C(F)F. The molecule has 0 saturated heterocycles. The number of hydrogen-bond acceptors (Lipinski definition) is 2. The number of halogens is 2. The van der Waals surface area contributed by atoms with E-state index in [2.05, 4.69) is 5.32 Å². The van der Waals surface area contributed by atoms with Crippen LogP contribution in [-0.2, 0) is 6.42 Å². The van der Waals surface area contributed by atoms with Crippen molar-refractivity contribution in [3.8, 4) is 0 Å². The summed E-state index contributed by atoms with van der Waals surface area (Å²) >= 11 is 0. The van der Waals surface area contributed by atoms with Crippen LogP contribution in [-0.4, -0.2) is 30.2 Å². The maximum atomic E-state index is 12.3. The van der Waals surface area contributed by atoms with Gasteiger partial charge in [-0.15, -0.1) is 0 Å². The van der Waals surface area contributed by atoms with Crippen molar-refractivity contribution in [3.63, 3.8) is 0 Å². The van der Waals surface area contributed by atoms with Crippen molar-refractivity contribution in [2.75, 3.05) is 6.61 Å². The van der Waals surface area contributed by atoms with Crippen molar-refractivity contribution >= 4 is 0 Å². The first-order chi connectivity index (χ1) is 7.63. The highest BCUT2D eigenvalue weighted by Crippen LogP contribution is 2.06. The largest absolute Gasteiger partial charge is 0.395 e. The molecular weight excluding hydrogens is 212 g/mol. The molecule has 1 aromatic rings. The third kappa shape index (κ3) is 4.24. The molecule has 2 N–H and O–H groups in total. The molecule has 0 spiro atoms. The standard InChI is InChI=1S/C12H17F2NO/c1-9(12(13)14)15-11(8-16)7-10-5-3-2-4-6-10/h2-6,9,11-12,15-16H,7-8H2,1H3/t9?,11-/m1/s1. The minimum atomic E-state index is -2.41. The lowest BCUT2D eigenvalue weighted by atomic mass is 10.1. The van der Waals surface area contributed by atoms with Gasteiger partial charge in [0, 0.05) is 6.04 Å². The Morgan fingerprint density at radius 2 is 1.88 bits per heavy atom. The van der Waals surface area contributed by atoms with E-state index >= 15 is 0 Å². The average molecular weight is 229 g/mol. The summed E-state index contributed by atoms with van der Waals surface area (Å²) in [7, 11) is 0. The fraction of sp³-hybridized carbons (Fsp3) is 0.500. The van der Waals surface area contributed by atoms with Gasteiger partial charge in [-0.05, 0) is 18.9 Å². The maximum absolute atomic E-state index is 12.3. The Labute approximate surface area is 94.3 Å². The molecule has 0 aliphatic carbocycles. The second-order valence-corrected chi connectivity index (χ2v) is 3.86. The summed E-state index contributed by atoms with van der Waals surface area (Å²) in [5, 5.41) is 11.8. The van der Waals surface area contributed by atoms with Crippen LogP contribution >= 0.6 is 0 Å². The Hall–Kier alpha value is -1.00. The van der Waals surface area contributed by atoms with Gasteiger partial charge in [0.25, 0.3) is 6.43 Å². The fourth-order valence-electron chi connectivity index (χ4n) is 1.52. The Morgan fingerprint density at radius 1 is 1.25 bits per heavy atom. The third-order valence-electron chi connectivity index (χ3n) is 2.42. The Bertz CT molecular complexity index is 292. The summed E-state index contributed by atoms with van der Waals surface area (Å²) in [5.74, 6) is 0. The molecule has 0 amide bonds. The molecule has 0 saturated carbocycles. The van der Waals surface area contributed by atoms with Gasteiger partial charge in [0.1, 0.15) is 0 Å². The van der Waals surface area contributed by atoms with Crippen molar-refractivity contribution in [2.45, 2.75) is 31.9 Å². The number of alkyl halides is 2. The maximum Gasteiger partial charge on any atom is 0.253 e. The van der Waals surface area contributed by atoms with E-state index in [1.807, 2.05) is 30.3 Å². The predicted octanol–water partition coefficient (Wildman–Crippen LogP) is 1.83. The molecule has 0 aliphatic heterocycles. The first-order valence-electron chi connectivity index (χ1n) is 5.32. The predicted molar refractivity (Wildman–Crippen MR) is 59.6 cm³/mol. The summed E-state index contributed by atoms with van der Waals surface area (Å²) in [6.07, 6.45) is -1.86. The van der Waals surface area contributed by atoms with Crippen molar-refractivity contribution in [1.29, 1.82) is 0 Å². The second-order valence-electron chi connectivity index (χ2n) is 3.86. The number of nitrogens with one attached hydrogen (secondary N) is 1. The lowest BCUT2D eigenvalue weighted by Gasteiger charge is -2.21. The van der Waals surface area contributed by atoms with E-state index in [4.69, 9.17) is 5.11 Å². The lowest BCUT2D eigenvalue weighted by Crippen LogP contribution is -2.43. The number of aliphatic hydroxyl groups excluding tert-OH is 1. The summed E-state index contributed by atoms with van der Waals surface area (Å²) < 4.78 is 24.6. The first-order valence-corrected chi connectivity index (χ1v) is 5.32. The summed E-state index contributed by atoms with van der Waals surface area (Å²) in [5.41, 5.74) is 1.02. The Kier molecular flexibility index (Phi) is 5.35. The van der Waals surface area contributed by atoms with Crippen LogP contribution in [0.1, 0.15) is 12.5 Å². The van der Waals surface area contributed by atoms with E-state index in [9.17, 15) is 8.78 Å². The normalized spacial score (nSPS) is 15.1. The zero-order valence-corrected chi connectivity index (χ0v) is 9.24. The minimum Gasteiger partial charge on any atom is -0.395 e. The molecule has 1 unspecified atom stereocenters. The lowest BCUT2D eigenvalue weighted by molar-refractivity contribution is 0.0927. The van der Waals surface area contributed by atoms with E-state index in [1.165, 1.54) is 6.92 Å². The molecule has 16 heavy (non-hydrogen) atoms. The van der Waals surface area contributed by atoms with Crippen LogP contribution in [0.5, 0.6) is 0 Å². The molecular formula is C12H17F2NO. The summed E-state index contributed by atoms with van der Waals surface area (Å²) in [6.45, 7) is 1.27. The van der Waals surface area contributed by atoms with Crippen molar-refractivity contribution in [3.05, 3.63) is 35.9 Å². The van der Waals surface area contributed by atoms with Gasteiger partial charge in [-0.25, -0.2) is 8.78 Å². The van der Waals surface area contributed by atoms with E-state index in [0.717, 1.165) is 5.56 Å². The van der Waals surface area contributed by atoms with Gasteiger partial charge in [-0.2, -0.15) is 0 Å². The molecule has 0 aromatic heterocycles. The van der Waals surface area contributed by atoms with Crippen LogP contribution in [0.4, 0.5) is 8.78 Å². The minimum absolute atomic E-state index is 0.147. The van der Waals surface area contributed by atoms with Crippen LogP contribution in [0.2, 0.25) is 0 Å². The highest BCUT2D eigenvalue weighted by Gasteiger charge is 2.18. The molecule has 0 fully saturated rings. The Balaban J connectivity index is 2.49. The molecule has 0 bridgehead atoms. The molecule has 4 heteroatoms. The number of hydrogen-bond donors (Lipinski definition) is 2. The van der Waals surface area contributed by atoms with Gasteiger partial charge in [0.05, 0.1) is 12.6 Å². The highest BCUT2D eigenvalue weighted by molar-refractivity contribution is 5.15. The first kappa shape index (κ1) is 13.1. The Morgan fingerprint density at radius 3 is 2.38 bits per heavy atom. The van der Waals surface area contributed by atoms with E-state index in [1.54, 1.807) is 0 Å². The third-order valence-corrected chi connectivity index (χ3v) is 2.42. The molecule has 2 atom stereocenters. The van der Waals surface area contributed by atoms with Gasteiger partial charge in [-0.1, -0.05) is 30.3 Å². The second kappa shape index (κ2) is 6.55. The molecule has 2 nitrogen and oxygen atoms in total. The van der Waals surface area contributed by atoms with Crippen LogP contribution in [0.15, 0.2) is 30.3 Å². The van der Waals surface area contributed by atoms with E-state index in [0.29, 0.717) is 6.42 Å². The van der Waals surface area contributed by atoms with Crippen molar-refractivity contribution in [1.82, 2.24) is 5.32 Å². The van der Waals surface area contributed by atoms with Gasteiger partial charge in [-0.3, -0.25) is 0 Å². The molecule has 0 aliphatic rings. The van der Waals surface area contributed by atoms with E-state index < -0.39 is 12.5 Å². The molecule has 1 rings (SSSR count). The summed E-state index contributed by atoms with van der Waals surface area (Å²) in [6, 6.07) is 8.27. The van der Waals surface area contributed by atoms with Gasteiger partial charge >= 0.3 is 0 Å². The molecule has 90 valence electrons. The van der Waals surface area contributed by atoms with Crippen LogP contribution in [0.25, 0.3) is 0 Å². The van der Waals surface area contributed by atoms with E-state index in [-0.39, 0.29) is 12.6 Å². The van der Waals surface area contributed by atoms with Crippen LogP contribution < -0.4 is 5.32 Å². The molecule has 0 heterocycles. The number of aliphatic hydroxyl groups is 1. The molecule has 1 aromatic carbocycles.